The van der Waals surface area contributed by atoms with Gasteiger partial charge in [0.2, 0.25) is 0 Å². The Morgan fingerprint density at radius 1 is 1.18 bits per heavy atom. The Morgan fingerprint density at radius 2 is 1.91 bits per heavy atom. The molecule has 4 rings (SSSR count). The van der Waals surface area contributed by atoms with Crippen molar-refractivity contribution in [3.8, 4) is 5.75 Å². The molecule has 7 heteroatoms. The maximum absolute atomic E-state index is 13.1. The zero-order chi connectivity index (χ0) is 23.7. The molecule has 33 heavy (non-hydrogen) atoms. The van der Waals surface area contributed by atoms with E-state index in [-0.39, 0.29) is 17.4 Å². The van der Waals surface area contributed by atoms with Gasteiger partial charge in [0.05, 0.1) is 11.6 Å². The molecule has 1 N–H and O–H groups in total. The molecule has 0 aliphatic carbocycles. The van der Waals surface area contributed by atoms with Crippen molar-refractivity contribution in [1.82, 2.24) is 4.90 Å². The minimum absolute atomic E-state index is 0.0685. The molecule has 1 saturated heterocycles. The van der Waals surface area contributed by atoms with Gasteiger partial charge in [0.1, 0.15) is 17.6 Å². The summed E-state index contributed by atoms with van der Waals surface area (Å²) in [4.78, 5) is 29.6. The first-order chi connectivity index (χ1) is 15.8. The fraction of sp³-hybridized carbons (Fsp3) is 0.385. The number of fused-ring (bicyclic) bond motifs is 1. The minimum atomic E-state index is -0.670. The van der Waals surface area contributed by atoms with Crippen molar-refractivity contribution in [1.29, 1.82) is 0 Å². The van der Waals surface area contributed by atoms with E-state index in [9.17, 15) is 14.7 Å². The van der Waals surface area contributed by atoms with E-state index < -0.39 is 17.7 Å². The van der Waals surface area contributed by atoms with Gasteiger partial charge in [-0.3, -0.25) is 9.59 Å². The Hall–Kier alpha value is -3.32. The van der Waals surface area contributed by atoms with E-state index in [1.165, 1.54) is 4.90 Å². The van der Waals surface area contributed by atoms with Gasteiger partial charge in [0, 0.05) is 52.0 Å². The highest BCUT2D eigenvalue weighted by Crippen LogP contribution is 2.41. The normalized spacial score (nSPS) is 21.3. The SMILES string of the molecule is COCCCN1C(=O)C(=O)C(=C(O)c2ccc3c(c2)C[C@H](C)O3)[C@H]1c1ccc(N(C)C)cc1. The number of nitrogens with zero attached hydrogens (tertiary/aromatic N) is 2. The standard InChI is InChI=1S/C26H30N2O5/c1-16-14-19-15-18(8-11-21(19)33-16)24(29)22-23(17-6-9-20(10-7-17)27(2)3)28(12-5-13-32-4)26(31)25(22)30/h6-11,15-16,23,29H,5,12-14H2,1-4H3/t16-,23+/m0/s1. The number of aliphatic hydroxyl groups excluding tert-OH is 1. The van der Waals surface area contributed by atoms with Crippen LogP contribution in [0.1, 0.15) is 36.1 Å². The second kappa shape index (κ2) is 9.27. The molecule has 0 radical (unpaired) electrons. The van der Waals surface area contributed by atoms with Gasteiger partial charge in [-0.1, -0.05) is 12.1 Å². The van der Waals surface area contributed by atoms with Crippen molar-refractivity contribution in [3.05, 3.63) is 64.7 Å². The molecule has 2 aromatic rings. The van der Waals surface area contributed by atoms with Gasteiger partial charge in [-0.05, 0) is 54.8 Å². The van der Waals surface area contributed by atoms with Gasteiger partial charge in [-0.15, -0.1) is 0 Å². The van der Waals surface area contributed by atoms with Crippen LogP contribution in [0.15, 0.2) is 48.0 Å². The lowest BCUT2D eigenvalue weighted by Gasteiger charge is -2.26. The Kier molecular flexibility index (Phi) is 6.42. The molecule has 174 valence electrons. The van der Waals surface area contributed by atoms with Crippen LogP contribution in [-0.4, -0.2) is 62.2 Å². The van der Waals surface area contributed by atoms with Crippen molar-refractivity contribution in [2.24, 2.45) is 0 Å². The molecular weight excluding hydrogens is 420 g/mol. The Labute approximate surface area is 194 Å². The molecule has 2 aliphatic rings. The van der Waals surface area contributed by atoms with Crippen molar-refractivity contribution < 1.29 is 24.2 Å². The summed E-state index contributed by atoms with van der Waals surface area (Å²) in [5.41, 5.74) is 3.38. The molecule has 1 fully saturated rings. The molecule has 0 saturated carbocycles. The Morgan fingerprint density at radius 3 is 2.58 bits per heavy atom. The van der Waals surface area contributed by atoms with Crippen LogP contribution in [0, 0.1) is 0 Å². The summed E-state index contributed by atoms with van der Waals surface area (Å²) in [6.07, 6.45) is 1.39. The summed E-state index contributed by atoms with van der Waals surface area (Å²) in [7, 11) is 5.50. The number of methoxy groups -OCH3 is 1. The lowest BCUT2D eigenvalue weighted by atomic mass is 9.94. The van der Waals surface area contributed by atoms with Crippen molar-refractivity contribution >= 4 is 23.1 Å². The summed E-state index contributed by atoms with van der Waals surface area (Å²) in [6, 6.07) is 12.4. The van der Waals surface area contributed by atoms with E-state index >= 15 is 0 Å². The fourth-order valence-electron chi connectivity index (χ4n) is 4.52. The molecule has 2 aliphatic heterocycles. The maximum atomic E-state index is 13.1. The van der Waals surface area contributed by atoms with Gasteiger partial charge >= 0.3 is 0 Å². The maximum Gasteiger partial charge on any atom is 0.295 e. The Balaban J connectivity index is 1.79. The lowest BCUT2D eigenvalue weighted by molar-refractivity contribution is -0.140. The van der Waals surface area contributed by atoms with E-state index in [0.717, 1.165) is 29.0 Å². The number of carbonyl (C=O) groups excluding carboxylic acids is 2. The number of amides is 1. The number of hydrogen-bond acceptors (Lipinski definition) is 6. The summed E-state index contributed by atoms with van der Waals surface area (Å²) in [6.45, 7) is 2.81. The largest absolute Gasteiger partial charge is 0.507 e. The number of likely N-dealkylation sites (tertiary alicyclic amines) is 1. The molecule has 0 unspecified atom stereocenters. The topological polar surface area (TPSA) is 79.3 Å². The summed E-state index contributed by atoms with van der Waals surface area (Å²) >= 11 is 0. The van der Waals surface area contributed by atoms with Crippen molar-refractivity contribution in [2.75, 3.05) is 39.3 Å². The number of ketones is 1. The fourth-order valence-corrected chi connectivity index (χ4v) is 4.52. The highest BCUT2D eigenvalue weighted by molar-refractivity contribution is 6.46. The third kappa shape index (κ3) is 4.33. The number of ether oxygens (including phenoxy) is 2. The summed E-state index contributed by atoms with van der Waals surface area (Å²) < 4.78 is 10.9. The smallest absolute Gasteiger partial charge is 0.295 e. The number of aliphatic hydroxyl groups is 1. The number of anilines is 1. The third-order valence-electron chi connectivity index (χ3n) is 6.18. The van der Waals surface area contributed by atoms with Gasteiger partial charge in [-0.25, -0.2) is 0 Å². The summed E-state index contributed by atoms with van der Waals surface area (Å²) in [5, 5.41) is 11.3. The molecular formula is C26H30N2O5. The Bertz CT molecular complexity index is 1090. The predicted molar refractivity (Wildman–Crippen MR) is 127 cm³/mol. The quantitative estimate of drug-likeness (QED) is 0.301. The second-order valence-electron chi connectivity index (χ2n) is 8.78. The number of hydrogen-bond donors (Lipinski definition) is 1. The summed E-state index contributed by atoms with van der Waals surface area (Å²) in [5.74, 6) is -0.648. The molecule has 2 heterocycles. The predicted octanol–water partition coefficient (Wildman–Crippen LogP) is 3.53. The number of benzene rings is 2. The van der Waals surface area contributed by atoms with E-state index in [0.29, 0.717) is 25.1 Å². The monoisotopic (exact) mass is 450 g/mol. The molecule has 0 aromatic heterocycles. The highest BCUT2D eigenvalue weighted by Gasteiger charge is 2.45. The average molecular weight is 451 g/mol. The van der Waals surface area contributed by atoms with Crippen LogP contribution < -0.4 is 9.64 Å². The molecule has 0 bridgehead atoms. The highest BCUT2D eigenvalue weighted by atomic mass is 16.5. The first kappa shape index (κ1) is 22.9. The van der Waals surface area contributed by atoms with Gasteiger partial charge in [0.25, 0.3) is 11.7 Å². The van der Waals surface area contributed by atoms with Crippen LogP contribution in [0.25, 0.3) is 5.76 Å². The molecule has 2 aromatic carbocycles. The first-order valence-corrected chi connectivity index (χ1v) is 11.2. The molecule has 0 spiro atoms. The van der Waals surface area contributed by atoms with E-state index in [1.54, 1.807) is 13.2 Å². The zero-order valence-corrected chi connectivity index (χ0v) is 19.5. The third-order valence-corrected chi connectivity index (χ3v) is 6.18. The zero-order valence-electron chi connectivity index (χ0n) is 19.5. The van der Waals surface area contributed by atoms with E-state index in [1.807, 2.05) is 62.3 Å². The molecule has 2 atom stereocenters. The van der Waals surface area contributed by atoms with Crippen LogP contribution >= 0.6 is 0 Å². The molecule has 7 nitrogen and oxygen atoms in total. The van der Waals surface area contributed by atoms with Gasteiger partial charge in [0.15, 0.2) is 0 Å². The lowest BCUT2D eigenvalue weighted by Crippen LogP contribution is -2.31. The number of Topliss-reactive ketones (excluding diaryl/α,β-unsaturated/α-hetero) is 1. The van der Waals surface area contributed by atoms with E-state index in [4.69, 9.17) is 9.47 Å². The van der Waals surface area contributed by atoms with Crippen LogP contribution in [0.3, 0.4) is 0 Å². The van der Waals surface area contributed by atoms with Crippen LogP contribution in [0.2, 0.25) is 0 Å². The second-order valence-corrected chi connectivity index (χ2v) is 8.78. The molecule has 1 amide bonds. The van der Waals surface area contributed by atoms with Crippen LogP contribution in [0.4, 0.5) is 5.69 Å². The van der Waals surface area contributed by atoms with Crippen LogP contribution in [0.5, 0.6) is 5.75 Å². The van der Waals surface area contributed by atoms with Crippen molar-refractivity contribution in [2.45, 2.75) is 31.9 Å². The number of carbonyl (C=O) groups is 2. The average Bonchev–Trinajstić information content (AvgIpc) is 3.29. The number of rotatable bonds is 7. The first-order valence-electron chi connectivity index (χ1n) is 11.2. The minimum Gasteiger partial charge on any atom is -0.507 e. The van der Waals surface area contributed by atoms with Gasteiger partial charge < -0.3 is 24.4 Å². The van der Waals surface area contributed by atoms with Gasteiger partial charge in [-0.2, -0.15) is 0 Å². The van der Waals surface area contributed by atoms with Crippen LogP contribution in [-0.2, 0) is 20.7 Å². The van der Waals surface area contributed by atoms with E-state index in [2.05, 4.69) is 0 Å². The van der Waals surface area contributed by atoms with Crippen molar-refractivity contribution in [3.63, 3.8) is 0 Å².